The fourth-order valence-electron chi connectivity index (χ4n) is 2.33. The van der Waals surface area contributed by atoms with Gasteiger partial charge in [0.25, 0.3) is 0 Å². The average Bonchev–Trinajstić information content (AvgIpc) is 2.44. The first-order chi connectivity index (χ1) is 9.29. The van der Waals surface area contributed by atoms with Gasteiger partial charge in [-0.2, -0.15) is 0 Å². The molecule has 0 aliphatic rings. The Morgan fingerprint density at radius 3 is 2.26 bits per heavy atom. The molecule has 0 aromatic heterocycles. The Hall–Kier alpha value is -1.03. The van der Waals surface area contributed by atoms with Crippen molar-refractivity contribution in [2.45, 2.75) is 25.7 Å². The van der Waals surface area contributed by atoms with Gasteiger partial charge < -0.3 is 5.73 Å². The van der Waals surface area contributed by atoms with E-state index in [-0.39, 0.29) is 0 Å². The first kappa shape index (κ1) is 14.4. The zero-order valence-corrected chi connectivity index (χ0v) is 13.3. The van der Waals surface area contributed by atoms with E-state index in [0.29, 0.717) is 0 Å². The van der Waals surface area contributed by atoms with Gasteiger partial charge in [-0.05, 0) is 58.9 Å². The molecule has 0 bridgehead atoms. The van der Waals surface area contributed by atoms with Gasteiger partial charge >= 0.3 is 0 Å². The van der Waals surface area contributed by atoms with Crippen LogP contribution in [0.5, 0.6) is 0 Å². The summed E-state index contributed by atoms with van der Waals surface area (Å²) in [4.78, 5) is 0. The lowest BCUT2D eigenvalue weighted by Gasteiger charge is -2.09. The summed E-state index contributed by atoms with van der Waals surface area (Å²) >= 11 is 2.45. The Labute approximate surface area is 129 Å². The molecule has 0 saturated heterocycles. The van der Waals surface area contributed by atoms with E-state index < -0.39 is 0 Å². The number of rotatable bonds is 6. The van der Waals surface area contributed by atoms with Crippen molar-refractivity contribution in [1.29, 1.82) is 0 Å². The van der Waals surface area contributed by atoms with Crippen LogP contribution in [0.2, 0.25) is 0 Å². The minimum Gasteiger partial charge on any atom is -0.399 e. The third-order valence-corrected chi connectivity index (χ3v) is 4.09. The van der Waals surface area contributed by atoms with Crippen LogP contribution in [-0.4, -0.2) is 4.43 Å². The predicted octanol–water partition coefficient (Wildman–Crippen LogP) is 4.42. The molecule has 19 heavy (non-hydrogen) atoms. The van der Waals surface area contributed by atoms with Crippen molar-refractivity contribution < 1.29 is 0 Å². The average molecular weight is 365 g/mol. The Bertz CT molecular complexity index is 522. The summed E-state index contributed by atoms with van der Waals surface area (Å²) in [6.07, 6.45) is 4.61. The van der Waals surface area contributed by atoms with Gasteiger partial charge in [-0.3, -0.25) is 0 Å². The van der Waals surface area contributed by atoms with Crippen LogP contribution in [0.25, 0.3) is 0 Å². The molecule has 0 amide bonds. The molecule has 0 atom stereocenters. The van der Waals surface area contributed by atoms with Crippen molar-refractivity contribution in [1.82, 2.24) is 0 Å². The van der Waals surface area contributed by atoms with Crippen LogP contribution in [0.1, 0.15) is 23.1 Å². The van der Waals surface area contributed by atoms with Crippen LogP contribution < -0.4 is 5.73 Å². The van der Waals surface area contributed by atoms with Crippen molar-refractivity contribution >= 4 is 28.3 Å². The molecule has 2 rings (SSSR count). The molecule has 0 aliphatic heterocycles. The van der Waals surface area contributed by atoms with Crippen molar-refractivity contribution in [2.75, 3.05) is 10.2 Å². The third-order valence-electron chi connectivity index (χ3n) is 3.33. The van der Waals surface area contributed by atoms with E-state index in [1.807, 2.05) is 12.1 Å². The van der Waals surface area contributed by atoms with Crippen molar-refractivity contribution in [3.8, 4) is 0 Å². The number of hydrogen-bond acceptors (Lipinski definition) is 1. The van der Waals surface area contributed by atoms with Gasteiger partial charge in [0.15, 0.2) is 0 Å². The van der Waals surface area contributed by atoms with E-state index >= 15 is 0 Å². The summed E-state index contributed by atoms with van der Waals surface area (Å²) in [5, 5.41) is 0. The molecule has 2 heteroatoms. The molecule has 0 spiro atoms. The SMILES string of the molecule is Nc1cccc(CCc2ccccc2CCCI)c1. The summed E-state index contributed by atoms with van der Waals surface area (Å²) in [6.45, 7) is 0. The highest BCUT2D eigenvalue weighted by Crippen LogP contribution is 2.16. The highest BCUT2D eigenvalue weighted by molar-refractivity contribution is 14.1. The van der Waals surface area contributed by atoms with Crippen LogP contribution in [0, 0.1) is 0 Å². The molecule has 100 valence electrons. The number of halogens is 1. The van der Waals surface area contributed by atoms with Gasteiger partial charge in [-0.15, -0.1) is 0 Å². The maximum absolute atomic E-state index is 5.82. The monoisotopic (exact) mass is 365 g/mol. The third kappa shape index (κ3) is 4.53. The number of nitrogen functional groups attached to an aromatic ring is 1. The van der Waals surface area contributed by atoms with Crippen molar-refractivity contribution in [3.63, 3.8) is 0 Å². The smallest absolute Gasteiger partial charge is 0.0316 e. The number of nitrogens with two attached hydrogens (primary N) is 1. The second-order valence-corrected chi connectivity index (χ2v) is 5.89. The minimum absolute atomic E-state index is 0.857. The predicted molar refractivity (Wildman–Crippen MR) is 91.9 cm³/mol. The van der Waals surface area contributed by atoms with E-state index in [4.69, 9.17) is 5.73 Å². The van der Waals surface area contributed by atoms with Crippen LogP contribution in [-0.2, 0) is 19.3 Å². The standard InChI is InChI=1S/C17H20IN/c18-12-4-8-15-6-1-2-7-16(15)11-10-14-5-3-9-17(19)13-14/h1-3,5-7,9,13H,4,8,10-12,19H2. The van der Waals surface area contributed by atoms with Crippen LogP contribution in [0.15, 0.2) is 48.5 Å². The number of benzene rings is 2. The molecule has 0 unspecified atom stereocenters. The van der Waals surface area contributed by atoms with Gasteiger partial charge in [-0.1, -0.05) is 59.0 Å². The van der Waals surface area contributed by atoms with Gasteiger partial charge in [0.1, 0.15) is 0 Å². The zero-order chi connectivity index (χ0) is 13.5. The molecule has 0 radical (unpaired) electrons. The van der Waals surface area contributed by atoms with E-state index in [1.165, 1.54) is 34.0 Å². The van der Waals surface area contributed by atoms with E-state index in [2.05, 4.69) is 59.0 Å². The fraction of sp³-hybridized carbons (Fsp3) is 0.294. The second-order valence-electron chi connectivity index (χ2n) is 4.81. The summed E-state index contributed by atoms with van der Waals surface area (Å²) in [7, 11) is 0. The highest BCUT2D eigenvalue weighted by atomic mass is 127. The molecule has 0 heterocycles. The van der Waals surface area contributed by atoms with Gasteiger partial charge in [0, 0.05) is 5.69 Å². The van der Waals surface area contributed by atoms with Gasteiger partial charge in [0.2, 0.25) is 0 Å². The normalized spacial score (nSPS) is 10.6. The molecule has 2 aromatic rings. The minimum atomic E-state index is 0.857. The Balaban J connectivity index is 2.02. The lowest BCUT2D eigenvalue weighted by atomic mass is 9.97. The maximum Gasteiger partial charge on any atom is 0.0316 e. The summed E-state index contributed by atoms with van der Waals surface area (Å²) in [6, 6.07) is 17.0. The van der Waals surface area contributed by atoms with Crippen LogP contribution in [0.4, 0.5) is 5.69 Å². The molecule has 0 fully saturated rings. The number of aryl methyl sites for hydroxylation is 3. The maximum atomic E-state index is 5.82. The number of hydrogen-bond donors (Lipinski definition) is 1. The summed E-state index contributed by atoms with van der Waals surface area (Å²) in [5.74, 6) is 0. The van der Waals surface area contributed by atoms with E-state index in [9.17, 15) is 0 Å². The Kier molecular flexibility index (Phi) is 5.70. The van der Waals surface area contributed by atoms with E-state index in [0.717, 1.165) is 18.5 Å². The zero-order valence-electron chi connectivity index (χ0n) is 11.1. The molecule has 0 aliphatic carbocycles. The lowest BCUT2D eigenvalue weighted by Crippen LogP contribution is -1.98. The molecular formula is C17H20IN. The second kappa shape index (κ2) is 7.53. The van der Waals surface area contributed by atoms with Crippen molar-refractivity contribution in [2.24, 2.45) is 0 Å². The topological polar surface area (TPSA) is 26.0 Å². The van der Waals surface area contributed by atoms with Crippen LogP contribution >= 0.6 is 22.6 Å². The number of anilines is 1. The molecule has 0 saturated carbocycles. The number of alkyl halides is 1. The first-order valence-corrected chi connectivity index (χ1v) is 8.29. The first-order valence-electron chi connectivity index (χ1n) is 6.77. The summed E-state index contributed by atoms with van der Waals surface area (Å²) < 4.78 is 1.22. The van der Waals surface area contributed by atoms with Crippen LogP contribution in [0.3, 0.4) is 0 Å². The van der Waals surface area contributed by atoms with Crippen molar-refractivity contribution in [3.05, 3.63) is 65.2 Å². The Morgan fingerprint density at radius 2 is 1.58 bits per heavy atom. The molecule has 2 N–H and O–H groups in total. The molecule has 2 aromatic carbocycles. The fourth-order valence-corrected chi connectivity index (χ4v) is 2.71. The summed E-state index contributed by atoms with van der Waals surface area (Å²) in [5.41, 5.74) is 11.0. The molecular weight excluding hydrogens is 345 g/mol. The highest BCUT2D eigenvalue weighted by Gasteiger charge is 2.02. The van der Waals surface area contributed by atoms with E-state index in [1.54, 1.807) is 0 Å². The molecule has 1 nitrogen and oxygen atoms in total. The largest absolute Gasteiger partial charge is 0.399 e. The quantitative estimate of drug-likeness (QED) is 0.458. The lowest BCUT2D eigenvalue weighted by molar-refractivity contribution is 0.887. The van der Waals surface area contributed by atoms with Gasteiger partial charge in [0.05, 0.1) is 0 Å². The Morgan fingerprint density at radius 1 is 0.842 bits per heavy atom. The van der Waals surface area contributed by atoms with Gasteiger partial charge in [-0.25, -0.2) is 0 Å².